The zero-order valence-corrected chi connectivity index (χ0v) is 14.7. The number of hydrogen-bond donors (Lipinski definition) is 0. The van der Waals surface area contributed by atoms with Crippen molar-refractivity contribution in [2.24, 2.45) is 35.5 Å². The Hall–Kier alpha value is -1.06. The van der Waals surface area contributed by atoms with Gasteiger partial charge in [0.1, 0.15) is 0 Å². The van der Waals surface area contributed by atoms with Crippen LogP contribution in [-0.4, -0.2) is 47.8 Å². The van der Waals surface area contributed by atoms with E-state index in [-0.39, 0.29) is 0 Å². The van der Waals surface area contributed by atoms with Crippen molar-refractivity contribution in [3.8, 4) is 0 Å². The van der Waals surface area contributed by atoms with Crippen molar-refractivity contribution in [1.82, 2.24) is 9.80 Å². The first-order valence-corrected chi connectivity index (χ1v) is 10.3. The quantitative estimate of drug-likeness (QED) is 0.781. The van der Waals surface area contributed by atoms with Crippen LogP contribution in [0.15, 0.2) is 0 Å². The summed E-state index contributed by atoms with van der Waals surface area (Å²) in [4.78, 5) is 29.8. The van der Waals surface area contributed by atoms with Gasteiger partial charge in [0.2, 0.25) is 11.8 Å². The summed E-state index contributed by atoms with van der Waals surface area (Å²) >= 11 is 0. The van der Waals surface area contributed by atoms with Gasteiger partial charge in [-0.2, -0.15) is 0 Å². The number of nitrogens with zero attached hydrogens (tertiary/aromatic N) is 2. The van der Waals surface area contributed by atoms with E-state index in [0.717, 1.165) is 50.9 Å². The minimum absolute atomic E-state index is 0.302. The normalized spacial score (nSPS) is 43.7. The molecule has 0 aromatic heterocycles. The van der Waals surface area contributed by atoms with Gasteiger partial charge in [-0.15, -0.1) is 0 Å². The number of piperazine rings is 1. The molecule has 0 aromatic carbocycles. The van der Waals surface area contributed by atoms with E-state index in [1.165, 1.54) is 38.5 Å². The molecular weight excluding hydrogens is 300 g/mol. The standard InChI is InChI=1S/C20H30N2O2/c23-19(17-11-13-1-3-15(17)9-13)21-5-7-22(8-6-21)20(24)18-12-14-2-4-16(18)10-14/h13-18H,1-12H2/t13-,14-,15-,16-,17+,18+/m0/s1. The predicted octanol–water partition coefficient (Wildman–Crippen LogP) is 2.53. The first kappa shape index (κ1) is 15.2. The Bertz CT molecular complexity index is 492. The van der Waals surface area contributed by atoms with E-state index in [2.05, 4.69) is 9.80 Å². The average Bonchev–Trinajstić information content (AvgIpc) is 3.41. The van der Waals surface area contributed by atoms with Crippen LogP contribution in [0, 0.1) is 35.5 Å². The molecule has 1 saturated heterocycles. The molecule has 5 aliphatic rings. The molecule has 0 unspecified atom stereocenters. The first-order chi connectivity index (χ1) is 11.7. The number of carbonyl (C=O) groups excluding carboxylic acids is 2. The smallest absolute Gasteiger partial charge is 0.226 e. The number of hydrogen-bond acceptors (Lipinski definition) is 2. The van der Waals surface area contributed by atoms with Crippen LogP contribution < -0.4 is 0 Å². The van der Waals surface area contributed by atoms with Crippen LogP contribution in [0.3, 0.4) is 0 Å². The van der Waals surface area contributed by atoms with E-state index >= 15 is 0 Å². The highest BCUT2D eigenvalue weighted by atomic mass is 16.2. The van der Waals surface area contributed by atoms with Crippen molar-refractivity contribution >= 4 is 11.8 Å². The van der Waals surface area contributed by atoms with E-state index in [1.807, 2.05) is 0 Å². The summed E-state index contributed by atoms with van der Waals surface area (Å²) in [5.74, 6) is 4.37. The van der Waals surface area contributed by atoms with Crippen molar-refractivity contribution in [2.45, 2.75) is 51.4 Å². The fraction of sp³-hybridized carbons (Fsp3) is 0.900. The second kappa shape index (κ2) is 5.74. The molecule has 4 saturated carbocycles. The second-order valence-corrected chi connectivity index (χ2v) is 9.21. The fourth-order valence-corrected chi connectivity index (χ4v) is 6.71. The van der Waals surface area contributed by atoms with Gasteiger partial charge in [0, 0.05) is 38.0 Å². The highest BCUT2D eigenvalue weighted by molar-refractivity contribution is 5.82. The predicted molar refractivity (Wildman–Crippen MR) is 91.0 cm³/mol. The zero-order chi connectivity index (χ0) is 16.3. The third-order valence-electron chi connectivity index (χ3n) is 8.01. The number of carbonyl (C=O) groups is 2. The maximum atomic E-state index is 12.8. The Morgan fingerprint density at radius 1 is 0.583 bits per heavy atom. The summed E-state index contributed by atoms with van der Waals surface area (Å²) in [6.07, 6.45) is 10.1. The van der Waals surface area contributed by atoms with E-state index in [1.54, 1.807) is 0 Å². The van der Waals surface area contributed by atoms with Crippen LogP contribution in [0.25, 0.3) is 0 Å². The van der Waals surface area contributed by atoms with Crippen molar-refractivity contribution in [3.63, 3.8) is 0 Å². The summed E-state index contributed by atoms with van der Waals surface area (Å²) in [5, 5.41) is 0. The summed E-state index contributed by atoms with van der Waals surface area (Å²) in [5.41, 5.74) is 0. The lowest BCUT2D eigenvalue weighted by atomic mass is 9.87. The maximum absolute atomic E-state index is 12.8. The molecule has 4 aliphatic carbocycles. The van der Waals surface area contributed by atoms with E-state index in [9.17, 15) is 9.59 Å². The summed E-state index contributed by atoms with van der Waals surface area (Å²) in [7, 11) is 0. The Labute approximate surface area is 144 Å². The maximum Gasteiger partial charge on any atom is 0.226 e. The SMILES string of the molecule is O=C([C@@H]1C[C@H]2CC[C@H]1C2)N1CCN(C(=O)[C@@H]2C[C@H]3CC[C@H]2C3)CC1. The first-order valence-electron chi connectivity index (χ1n) is 10.3. The lowest BCUT2D eigenvalue weighted by molar-refractivity contribution is -0.145. The van der Waals surface area contributed by atoms with Gasteiger partial charge in [0.25, 0.3) is 0 Å². The molecule has 132 valence electrons. The molecule has 5 fully saturated rings. The lowest BCUT2D eigenvalue weighted by Gasteiger charge is -2.39. The third-order valence-corrected chi connectivity index (χ3v) is 8.01. The van der Waals surface area contributed by atoms with Crippen LogP contribution in [0.1, 0.15) is 51.4 Å². The van der Waals surface area contributed by atoms with Crippen molar-refractivity contribution in [1.29, 1.82) is 0 Å². The van der Waals surface area contributed by atoms with E-state index < -0.39 is 0 Å². The Morgan fingerprint density at radius 3 is 1.29 bits per heavy atom. The van der Waals surface area contributed by atoms with Crippen molar-refractivity contribution < 1.29 is 9.59 Å². The van der Waals surface area contributed by atoms with Crippen molar-refractivity contribution in [2.75, 3.05) is 26.2 Å². The topological polar surface area (TPSA) is 40.6 Å². The van der Waals surface area contributed by atoms with E-state index in [4.69, 9.17) is 0 Å². The Morgan fingerprint density at radius 2 is 1.00 bits per heavy atom. The fourth-order valence-electron chi connectivity index (χ4n) is 6.71. The van der Waals surface area contributed by atoms with Gasteiger partial charge >= 0.3 is 0 Å². The molecule has 0 aromatic rings. The molecule has 4 heteroatoms. The van der Waals surface area contributed by atoms with Crippen LogP contribution in [0.2, 0.25) is 0 Å². The van der Waals surface area contributed by atoms with Crippen LogP contribution in [0.4, 0.5) is 0 Å². The van der Waals surface area contributed by atoms with Crippen LogP contribution in [-0.2, 0) is 9.59 Å². The Balaban J connectivity index is 1.16. The molecule has 5 rings (SSSR count). The van der Waals surface area contributed by atoms with Gasteiger partial charge < -0.3 is 9.80 Å². The molecule has 2 amide bonds. The van der Waals surface area contributed by atoms with Gasteiger partial charge in [-0.1, -0.05) is 12.8 Å². The average molecular weight is 330 g/mol. The molecule has 1 aliphatic heterocycles. The largest absolute Gasteiger partial charge is 0.339 e. The minimum Gasteiger partial charge on any atom is -0.339 e. The van der Waals surface area contributed by atoms with Gasteiger partial charge in [0.05, 0.1) is 0 Å². The molecular formula is C20H30N2O2. The summed E-state index contributed by atoms with van der Waals surface area (Å²) in [6, 6.07) is 0. The molecule has 0 spiro atoms. The van der Waals surface area contributed by atoms with Crippen LogP contribution >= 0.6 is 0 Å². The summed E-state index contributed by atoms with van der Waals surface area (Å²) < 4.78 is 0. The molecule has 1 heterocycles. The molecule has 24 heavy (non-hydrogen) atoms. The molecule has 0 radical (unpaired) electrons. The van der Waals surface area contributed by atoms with Gasteiger partial charge in [-0.05, 0) is 62.2 Å². The minimum atomic E-state index is 0.302. The number of amides is 2. The molecule has 6 atom stereocenters. The molecule has 4 nitrogen and oxygen atoms in total. The third kappa shape index (κ3) is 2.40. The lowest BCUT2D eigenvalue weighted by Crippen LogP contribution is -2.53. The van der Waals surface area contributed by atoms with Crippen LogP contribution in [0.5, 0.6) is 0 Å². The molecule has 0 N–H and O–H groups in total. The number of rotatable bonds is 2. The van der Waals surface area contributed by atoms with E-state index in [0.29, 0.717) is 35.5 Å². The van der Waals surface area contributed by atoms with Gasteiger partial charge in [-0.3, -0.25) is 9.59 Å². The summed E-state index contributed by atoms with van der Waals surface area (Å²) in [6.45, 7) is 3.05. The molecule has 4 bridgehead atoms. The van der Waals surface area contributed by atoms with Gasteiger partial charge in [-0.25, -0.2) is 0 Å². The monoisotopic (exact) mass is 330 g/mol. The highest BCUT2D eigenvalue weighted by Gasteiger charge is 2.46. The number of fused-ring (bicyclic) bond motifs is 4. The van der Waals surface area contributed by atoms with Gasteiger partial charge in [0.15, 0.2) is 0 Å². The Kier molecular flexibility index (Phi) is 3.64. The highest BCUT2D eigenvalue weighted by Crippen LogP contribution is 2.50. The second-order valence-electron chi connectivity index (χ2n) is 9.21. The zero-order valence-electron chi connectivity index (χ0n) is 14.7. The van der Waals surface area contributed by atoms with Crippen molar-refractivity contribution in [3.05, 3.63) is 0 Å².